The van der Waals surface area contributed by atoms with Gasteiger partial charge in [0.15, 0.2) is 5.78 Å². The first kappa shape index (κ1) is 14.8. The van der Waals surface area contributed by atoms with Crippen LogP contribution in [0.25, 0.3) is 10.9 Å². The number of hydrogen-bond acceptors (Lipinski definition) is 3. The van der Waals surface area contributed by atoms with Crippen LogP contribution in [-0.4, -0.2) is 23.3 Å². The Labute approximate surface area is 123 Å². The highest BCUT2D eigenvalue weighted by Crippen LogP contribution is 2.27. The molecular formula is C16H18ClNO2. The van der Waals surface area contributed by atoms with Crippen LogP contribution in [0.15, 0.2) is 30.5 Å². The Morgan fingerprint density at radius 3 is 2.95 bits per heavy atom. The van der Waals surface area contributed by atoms with Crippen LogP contribution in [0, 0.1) is 0 Å². The van der Waals surface area contributed by atoms with E-state index in [1.165, 1.54) is 0 Å². The van der Waals surface area contributed by atoms with E-state index in [-0.39, 0.29) is 5.78 Å². The summed E-state index contributed by atoms with van der Waals surface area (Å²) in [5, 5.41) is 0.848. The summed E-state index contributed by atoms with van der Waals surface area (Å²) in [6.45, 7) is 2.70. The summed E-state index contributed by atoms with van der Waals surface area (Å²) < 4.78 is 5.69. The first-order chi connectivity index (χ1) is 9.77. The molecule has 106 valence electrons. The molecule has 0 bridgehead atoms. The van der Waals surface area contributed by atoms with Gasteiger partial charge in [-0.25, -0.2) is 0 Å². The number of fused-ring (bicyclic) bond motifs is 1. The van der Waals surface area contributed by atoms with Crippen molar-refractivity contribution in [2.45, 2.75) is 26.2 Å². The molecule has 1 heterocycles. The zero-order valence-corrected chi connectivity index (χ0v) is 12.3. The van der Waals surface area contributed by atoms with Gasteiger partial charge in [-0.2, -0.15) is 0 Å². The van der Waals surface area contributed by atoms with Crippen LogP contribution in [0.5, 0.6) is 5.75 Å². The zero-order chi connectivity index (χ0) is 14.4. The predicted molar refractivity (Wildman–Crippen MR) is 81.8 cm³/mol. The number of Topliss-reactive ketones (excluding diaryl/α,β-unsaturated/α-hetero) is 1. The molecule has 0 radical (unpaired) electrons. The molecular weight excluding hydrogens is 274 g/mol. The minimum absolute atomic E-state index is 0.102. The second-order valence-corrected chi connectivity index (χ2v) is 4.95. The fraction of sp³-hybridized carbons (Fsp3) is 0.375. The van der Waals surface area contributed by atoms with Gasteiger partial charge in [-0.15, -0.1) is 11.6 Å². The summed E-state index contributed by atoms with van der Waals surface area (Å²) in [4.78, 5) is 16.6. The highest BCUT2D eigenvalue weighted by molar-refractivity contribution is 6.18. The molecule has 0 saturated heterocycles. The molecule has 20 heavy (non-hydrogen) atoms. The van der Waals surface area contributed by atoms with E-state index in [9.17, 15) is 4.79 Å². The Bertz CT molecular complexity index is 598. The number of aromatic nitrogens is 1. The van der Waals surface area contributed by atoms with Crippen molar-refractivity contribution in [3.8, 4) is 5.75 Å². The number of ether oxygens (including phenoxy) is 1. The average Bonchev–Trinajstić information content (AvgIpc) is 2.50. The Morgan fingerprint density at radius 2 is 2.20 bits per heavy atom. The van der Waals surface area contributed by atoms with Gasteiger partial charge in [-0.05, 0) is 31.0 Å². The Kier molecular flexibility index (Phi) is 5.36. The molecule has 2 aromatic rings. The molecule has 4 heteroatoms. The van der Waals surface area contributed by atoms with Crippen LogP contribution in [0.2, 0.25) is 0 Å². The quantitative estimate of drug-likeness (QED) is 0.566. The van der Waals surface area contributed by atoms with Crippen molar-refractivity contribution in [1.82, 2.24) is 4.98 Å². The number of carbonyl (C=O) groups excluding carboxylic acids is 1. The maximum absolute atomic E-state index is 12.2. The van der Waals surface area contributed by atoms with Gasteiger partial charge in [-0.3, -0.25) is 9.78 Å². The van der Waals surface area contributed by atoms with Gasteiger partial charge < -0.3 is 4.74 Å². The van der Waals surface area contributed by atoms with Crippen LogP contribution in [0.4, 0.5) is 0 Å². The van der Waals surface area contributed by atoms with Crippen molar-refractivity contribution in [2.24, 2.45) is 0 Å². The van der Waals surface area contributed by atoms with Gasteiger partial charge in [0.2, 0.25) is 0 Å². The number of pyridine rings is 1. The number of ketones is 1. The topological polar surface area (TPSA) is 39.2 Å². The fourth-order valence-electron chi connectivity index (χ4n) is 2.08. The molecule has 0 unspecified atom stereocenters. The van der Waals surface area contributed by atoms with Gasteiger partial charge in [0.05, 0.1) is 6.61 Å². The van der Waals surface area contributed by atoms with Crippen molar-refractivity contribution in [1.29, 1.82) is 0 Å². The number of rotatable bonds is 7. The molecule has 0 aliphatic heterocycles. The number of nitrogens with zero attached hydrogens (tertiary/aromatic N) is 1. The minimum Gasteiger partial charge on any atom is -0.491 e. The summed E-state index contributed by atoms with van der Waals surface area (Å²) in [6.07, 6.45) is 3.80. The first-order valence-electron chi connectivity index (χ1n) is 6.87. The summed E-state index contributed by atoms with van der Waals surface area (Å²) in [7, 11) is 0. The van der Waals surface area contributed by atoms with Crippen LogP contribution in [-0.2, 0) is 0 Å². The SMILES string of the molecule is CCCOc1ccc(C(=O)CCCCl)c2cccnc12. The van der Waals surface area contributed by atoms with Gasteiger partial charge in [0, 0.05) is 29.4 Å². The van der Waals surface area contributed by atoms with E-state index in [0.29, 0.717) is 30.9 Å². The molecule has 0 fully saturated rings. The summed E-state index contributed by atoms with van der Waals surface area (Å²) in [5.41, 5.74) is 1.44. The summed E-state index contributed by atoms with van der Waals surface area (Å²) >= 11 is 5.65. The molecule has 0 saturated carbocycles. The second-order valence-electron chi connectivity index (χ2n) is 4.58. The molecule has 0 amide bonds. The number of alkyl halides is 1. The van der Waals surface area contributed by atoms with E-state index in [4.69, 9.17) is 16.3 Å². The number of carbonyl (C=O) groups is 1. The van der Waals surface area contributed by atoms with Gasteiger partial charge >= 0.3 is 0 Å². The summed E-state index contributed by atoms with van der Waals surface area (Å²) in [5.74, 6) is 1.33. The predicted octanol–water partition coefficient (Wildman–Crippen LogP) is 4.23. The molecule has 3 nitrogen and oxygen atoms in total. The first-order valence-corrected chi connectivity index (χ1v) is 7.41. The Morgan fingerprint density at radius 1 is 1.35 bits per heavy atom. The number of halogens is 1. The molecule has 0 N–H and O–H groups in total. The molecule has 0 atom stereocenters. The van der Waals surface area contributed by atoms with Crippen LogP contribution < -0.4 is 4.74 Å². The van der Waals surface area contributed by atoms with Crippen molar-refractivity contribution >= 4 is 28.3 Å². The molecule has 1 aromatic carbocycles. The van der Waals surface area contributed by atoms with E-state index in [0.717, 1.165) is 23.1 Å². The molecule has 0 aliphatic carbocycles. The zero-order valence-electron chi connectivity index (χ0n) is 11.6. The lowest BCUT2D eigenvalue weighted by atomic mass is 10.0. The molecule has 0 aliphatic rings. The third kappa shape index (κ3) is 3.28. The van der Waals surface area contributed by atoms with Gasteiger partial charge in [-0.1, -0.05) is 13.0 Å². The minimum atomic E-state index is 0.102. The van der Waals surface area contributed by atoms with E-state index in [1.54, 1.807) is 6.20 Å². The molecule has 2 rings (SSSR count). The van der Waals surface area contributed by atoms with Gasteiger partial charge in [0.25, 0.3) is 0 Å². The Balaban J connectivity index is 2.40. The largest absolute Gasteiger partial charge is 0.491 e. The van der Waals surface area contributed by atoms with Crippen molar-refractivity contribution in [2.75, 3.05) is 12.5 Å². The lowest BCUT2D eigenvalue weighted by Crippen LogP contribution is -2.03. The number of benzene rings is 1. The van der Waals surface area contributed by atoms with E-state index in [2.05, 4.69) is 11.9 Å². The molecule has 0 spiro atoms. The van der Waals surface area contributed by atoms with Crippen molar-refractivity contribution in [3.05, 3.63) is 36.0 Å². The Hall–Kier alpha value is -1.61. The van der Waals surface area contributed by atoms with Crippen molar-refractivity contribution < 1.29 is 9.53 Å². The molecule has 1 aromatic heterocycles. The van der Waals surface area contributed by atoms with E-state index in [1.807, 2.05) is 24.3 Å². The highest BCUT2D eigenvalue weighted by Gasteiger charge is 2.13. The maximum Gasteiger partial charge on any atom is 0.163 e. The normalized spacial score (nSPS) is 10.7. The highest BCUT2D eigenvalue weighted by atomic mass is 35.5. The van der Waals surface area contributed by atoms with Crippen LogP contribution >= 0.6 is 11.6 Å². The maximum atomic E-state index is 12.2. The van der Waals surface area contributed by atoms with Crippen molar-refractivity contribution in [3.63, 3.8) is 0 Å². The lowest BCUT2D eigenvalue weighted by molar-refractivity contribution is 0.0983. The summed E-state index contributed by atoms with van der Waals surface area (Å²) in [6, 6.07) is 7.41. The lowest BCUT2D eigenvalue weighted by Gasteiger charge is -2.10. The average molecular weight is 292 g/mol. The van der Waals surface area contributed by atoms with Crippen LogP contribution in [0.3, 0.4) is 0 Å². The third-order valence-electron chi connectivity index (χ3n) is 3.03. The monoisotopic (exact) mass is 291 g/mol. The van der Waals surface area contributed by atoms with Gasteiger partial charge in [0.1, 0.15) is 11.3 Å². The second kappa shape index (κ2) is 7.25. The van der Waals surface area contributed by atoms with E-state index >= 15 is 0 Å². The third-order valence-corrected chi connectivity index (χ3v) is 3.30. The fourth-order valence-corrected chi connectivity index (χ4v) is 2.21. The standard InChI is InChI=1S/C16H18ClNO2/c1-2-11-20-15-8-7-12(14(19)6-3-9-17)13-5-4-10-18-16(13)15/h4-5,7-8,10H,2-3,6,9,11H2,1H3. The van der Waals surface area contributed by atoms with E-state index < -0.39 is 0 Å². The number of hydrogen-bond donors (Lipinski definition) is 0. The smallest absolute Gasteiger partial charge is 0.163 e. The van der Waals surface area contributed by atoms with Crippen LogP contribution in [0.1, 0.15) is 36.5 Å².